The molecule has 3 aromatic carbocycles. The number of carbonyl (C=O) groups is 1. The molecule has 1 fully saturated rings. The van der Waals surface area contributed by atoms with Crippen LogP contribution in [0.4, 0.5) is 24.5 Å². The van der Waals surface area contributed by atoms with Crippen molar-refractivity contribution in [2.75, 3.05) is 69.2 Å². The summed E-state index contributed by atoms with van der Waals surface area (Å²) in [7, 11) is -13.6. The number of anilines is 2. The van der Waals surface area contributed by atoms with Crippen LogP contribution < -0.4 is 14.9 Å². The number of hydrogen-bond donors (Lipinski definition) is 4. The van der Waals surface area contributed by atoms with Gasteiger partial charge in [-0.25, -0.2) is 21.6 Å². The first kappa shape index (κ1) is 48.6. The van der Waals surface area contributed by atoms with E-state index in [0.717, 1.165) is 69.8 Å². The zero-order chi connectivity index (χ0) is 45.0. The molecule has 1 atom stereocenters. The van der Waals surface area contributed by atoms with E-state index >= 15 is 0 Å². The Bertz CT molecular complexity index is 2340. The van der Waals surface area contributed by atoms with Crippen molar-refractivity contribution in [3.63, 3.8) is 0 Å². The van der Waals surface area contributed by atoms with Crippen LogP contribution >= 0.6 is 19.2 Å². The first-order valence-electron chi connectivity index (χ1n) is 19.9. The fraction of sp³-hybridized carbons (Fsp3) is 0.488. The molecule has 2 aliphatic rings. The highest BCUT2D eigenvalue weighted by molar-refractivity contribution is 7.92. The van der Waals surface area contributed by atoms with Gasteiger partial charge in [-0.1, -0.05) is 50.1 Å². The highest BCUT2D eigenvalue weighted by Crippen LogP contribution is 2.43. The van der Waals surface area contributed by atoms with Crippen molar-refractivity contribution in [1.29, 1.82) is 0 Å². The summed E-state index contributed by atoms with van der Waals surface area (Å²) in [6.07, 6.45) is 3.28. The van der Waals surface area contributed by atoms with Gasteiger partial charge in [0.05, 0.1) is 16.7 Å². The summed E-state index contributed by atoms with van der Waals surface area (Å²) in [5, 5.41) is 3.46. The minimum atomic E-state index is -6.08. The predicted molar refractivity (Wildman–Crippen MR) is 232 cm³/mol. The molecule has 3 aromatic rings. The Kier molecular flexibility index (Phi) is 15.5. The van der Waals surface area contributed by atoms with Crippen LogP contribution in [0.15, 0.2) is 82.1 Å². The summed E-state index contributed by atoms with van der Waals surface area (Å²) in [6.45, 7) is 10.5. The van der Waals surface area contributed by atoms with Gasteiger partial charge in [0.15, 0.2) is 0 Å². The standard InChI is InChI=1S/C41H54ClF3N5O8PS2/c1-5-33(17-19-48(4)24-25-59(52,53)54)46-37-15-14-35(26-38(37)60(55,56)41(43,44)45)61(57,58)47-39(51)30-8-12-34(13-9-30)50-22-20-49(21-23-50)28-31-27-40(2,3)18-16-36(31)29-6-10-32(42)11-7-29/h6-15,26,33,46H,5,16-25,27-28H2,1-4H3,(H,47,51)(H2,52,53,54)/t33-/m0/s1. The fourth-order valence-corrected chi connectivity index (χ4v) is 10.3. The van der Waals surface area contributed by atoms with Gasteiger partial charge in [0.2, 0.25) is 0 Å². The largest absolute Gasteiger partial charge is 0.501 e. The summed E-state index contributed by atoms with van der Waals surface area (Å²) in [5.74, 6) is -1.06. The lowest BCUT2D eigenvalue weighted by atomic mass is 9.73. The maximum atomic E-state index is 13.9. The molecule has 61 heavy (non-hydrogen) atoms. The van der Waals surface area contributed by atoms with Crippen LogP contribution in [0.2, 0.25) is 5.02 Å². The number of sulfone groups is 1. The van der Waals surface area contributed by atoms with Crippen molar-refractivity contribution < 1.29 is 49.2 Å². The highest BCUT2D eigenvalue weighted by Gasteiger charge is 2.48. The first-order valence-corrected chi connectivity index (χ1v) is 25.1. The Hall–Kier alpha value is -3.48. The van der Waals surface area contributed by atoms with Crippen LogP contribution in [0.1, 0.15) is 68.8 Å². The summed E-state index contributed by atoms with van der Waals surface area (Å²) in [5.41, 5.74) is -1.26. The lowest BCUT2D eigenvalue weighted by molar-refractivity contribution is -0.0436. The van der Waals surface area contributed by atoms with Crippen molar-refractivity contribution in [3.05, 3.63) is 88.5 Å². The van der Waals surface area contributed by atoms with Crippen LogP contribution in [-0.2, 0) is 24.4 Å². The zero-order valence-electron chi connectivity index (χ0n) is 34.6. The quantitative estimate of drug-likeness (QED) is 0.100. The molecule has 0 spiro atoms. The molecule has 5 rings (SSSR count). The Morgan fingerprint density at radius 1 is 0.967 bits per heavy atom. The van der Waals surface area contributed by atoms with Crippen LogP contribution in [0.5, 0.6) is 0 Å². The van der Waals surface area contributed by atoms with Crippen LogP contribution in [0.25, 0.3) is 5.57 Å². The molecular weight excluding hydrogens is 878 g/mol. The van der Waals surface area contributed by atoms with E-state index in [-0.39, 0.29) is 30.5 Å². The lowest BCUT2D eigenvalue weighted by Crippen LogP contribution is -2.47. The highest BCUT2D eigenvalue weighted by atomic mass is 35.5. The molecule has 0 unspecified atom stereocenters. The smallest absolute Gasteiger partial charge is 0.381 e. The minimum Gasteiger partial charge on any atom is -0.381 e. The van der Waals surface area contributed by atoms with E-state index in [0.29, 0.717) is 17.5 Å². The number of nitrogens with one attached hydrogen (secondary N) is 2. The molecule has 0 bridgehead atoms. The third-order valence-electron chi connectivity index (χ3n) is 11.2. The number of allylic oxidation sites excluding steroid dienone is 1. The van der Waals surface area contributed by atoms with Crippen molar-refractivity contribution in [3.8, 4) is 0 Å². The third kappa shape index (κ3) is 13.0. The molecule has 1 amide bonds. The Balaban J connectivity index is 1.24. The lowest BCUT2D eigenvalue weighted by Gasteiger charge is -2.39. The van der Waals surface area contributed by atoms with Crippen molar-refractivity contribution in [1.82, 2.24) is 14.5 Å². The number of halogens is 4. The van der Waals surface area contributed by atoms with E-state index in [9.17, 15) is 39.4 Å². The van der Waals surface area contributed by atoms with E-state index in [1.807, 2.05) is 16.9 Å². The molecule has 1 saturated heterocycles. The summed E-state index contributed by atoms with van der Waals surface area (Å²) < 4.78 is 107. The molecule has 336 valence electrons. The number of piperazine rings is 1. The van der Waals surface area contributed by atoms with E-state index in [4.69, 9.17) is 21.4 Å². The van der Waals surface area contributed by atoms with Crippen molar-refractivity contribution >= 4 is 61.9 Å². The Morgan fingerprint density at radius 3 is 2.20 bits per heavy atom. The molecular formula is C41H54ClF3N5O8PS2. The van der Waals surface area contributed by atoms with Gasteiger partial charge >= 0.3 is 13.1 Å². The second-order valence-electron chi connectivity index (χ2n) is 16.5. The van der Waals surface area contributed by atoms with Gasteiger partial charge in [-0.3, -0.25) is 14.3 Å². The van der Waals surface area contributed by atoms with Gasteiger partial charge in [0.25, 0.3) is 25.8 Å². The maximum absolute atomic E-state index is 13.9. The minimum absolute atomic E-state index is 0.0366. The second-order valence-corrected chi connectivity index (χ2v) is 22.3. The number of benzene rings is 3. The van der Waals surface area contributed by atoms with E-state index in [1.54, 1.807) is 31.0 Å². The number of amides is 1. The van der Waals surface area contributed by atoms with Gasteiger partial charge in [0.1, 0.15) is 4.90 Å². The van der Waals surface area contributed by atoms with Crippen LogP contribution in [0, 0.1) is 5.41 Å². The average molecular weight is 932 g/mol. The molecule has 0 saturated carbocycles. The Morgan fingerprint density at radius 2 is 1.61 bits per heavy atom. The van der Waals surface area contributed by atoms with Gasteiger partial charge in [-0.15, -0.1) is 0 Å². The Labute approximate surface area is 361 Å². The second kappa shape index (κ2) is 19.5. The van der Waals surface area contributed by atoms with Gasteiger partial charge in [-0.05, 0) is 117 Å². The van der Waals surface area contributed by atoms with E-state index in [1.165, 1.54) is 28.8 Å². The zero-order valence-corrected chi connectivity index (χ0v) is 37.9. The topological polar surface area (TPSA) is 177 Å². The van der Waals surface area contributed by atoms with Crippen LogP contribution in [-0.4, -0.2) is 113 Å². The molecule has 1 aliphatic carbocycles. The number of hydrogen-bond acceptors (Lipinski definition) is 10. The molecule has 0 aromatic heterocycles. The average Bonchev–Trinajstić information content (AvgIpc) is 3.18. The molecule has 20 heteroatoms. The molecule has 0 radical (unpaired) electrons. The molecule has 1 heterocycles. The summed E-state index contributed by atoms with van der Waals surface area (Å²) in [4.78, 5) is 35.5. The summed E-state index contributed by atoms with van der Waals surface area (Å²) >= 11 is 6.16. The van der Waals surface area contributed by atoms with Gasteiger partial charge in [0, 0.05) is 61.6 Å². The molecule has 13 nitrogen and oxygen atoms in total. The van der Waals surface area contributed by atoms with Crippen molar-refractivity contribution in [2.45, 2.75) is 74.2 Å². The van der Waals surface area contributed by atoms with Gasteiger partial charge in [-0.2, -0.15) is 13.2 Å². The molecule has 1 aliphatic heterocycles. The first-order chi connectivity index (χ1) is 28.4. The number of sulfonamides is 1. The number of alkyl halides is 3. The number of rotatable bonds is 17. The monoisotopic (exact) mass is 931 g/mol. The van der Waals surface area contributed by atoms with Crippen LogP contribution in [0.3, 0.4) is 0 Å². The van der Waals surface area contributed by atoms with E-state index in [2.05, 4.69) is 41.1 Å². The fourth-order valence-electron chi connectivity index (χ4n) is 7.58. The number of nitrogens with zero attached hydrogens (tertiary/aromatic N) is 3. The normalized spacial score (nSPS) is 17.4. The summed E-state index contributed by atoms with van der Waals surface area (Å²) in [6, 6.07) is 15.9. The SMILES string of the molecule is CC[C@@H](CCN(C)CCP(=O)(O)O)Nc1ccc(S(=O)(=O)NC(=O)c2ccc(N3CCN(CC4=C(c5ccc(Cl)cc5)CCC(C)(C)C4)CC3)cc2)cc1S(=O)(=O)C(F)(F)F. The molecule has 4 N–H and O–H groups in total. The van der Waals surface area contributed by atoms with Gasteiger partial charge < -0.3 is 24.9 Å². The number of carbonyl (C=O) groups excluding carboxylic acids is 1. The van der Waals surface area contributed by atoms with Crippen molar-refractivity contribution in [2.24, 2.45) is 5.41 Å². The third-order valence-corrected chi connectivity index (χ3v) is 15.1. The maximum Gasteiger partial charge on any atom is 0.501 e. The van der Waals surface area contributed by atoms with E-state index < -0.39 is 66.6 Å². The predicted octanol–water partition coefficient (Wildman–Crippen LogP) is 7.23.